The first-order valence-corrected chi connectivity index (χ1v) is 26.1. The van der Waals surface area contributed by atoms with Crippen LogP contribution >= 0.6 is 0 Å². The zero-order chi connectivity index (χ0) is 51.6. The van der Waals surface area contributed by atoms with E-state index in [-0.39, 0.29) is 60.2 Å². The van der Waals surface area contributed by atoms with Crippen LogP contribution in [0.5, 0.6) is 5.75 Å². The third kappa shape index (κ3) is 12.5. The van der Waals surface area contributed by atoms with E-state index >= 15 is 0 Å². The van der Waals surface area contributed by atoms with Crippen molar-refractivity contribution < 1.29 is 62.2 Å². The zero-order valence-corrected chi connectivity index (χ0v) is 42.6. The molecule has 17 heteroatoms. The number of ketones is 1. The van der Waals surface area contributed by atoms with Crippen LogP contribution < -0.4 is 4.90 Å². The van der Waals surface area contributed by atoms with Crippen molar-refractivity contribution in [1.82, 2.24) is 14.7 Å². The lowest BCUT2D eigenvalue weighted by Gasteiger charge is -2.43. The number of aryl methyl sites for hydroxylation is 1. The summed E-state index contributed by atoms with van der Waals surface area (Å²) in [6.07, 6.45) is 12.3. The van der Waals surface area contributed by atoms with E-state index in [9.17, 15) is 29.1 Å². The van der Waals surface area contributed by atoms with Gasteiger partial charge >= 0.3 is 12.2 Å². The topological polar surface area (TPSA) is 183 Å². The number of Topliss-reactive ketones (excluding diaryl/α,β-unsaturated/α-hetero) is 1. The summed E-state index contributed by atoms with van der Waals surface area (Å²) in [6.45, 7) is 15.4. The van der Waals surface area contributed by atoms with E-state index < -0.39 is 37.2 Å². The molecule has 2 aromatic carbocycles. The summed E-state index contributed by atoms with van der Waals surface area (Å²) in [5.74, 6) is 0.463. The van der Waals surface area contributed by atoms with Crippen LogP contribution in [0.2, 0.25) is 0 Å². The fourth-order valence-electron chi connectivity index (χ4n) is 10.8. The molecule has 6 aliphatic heterocycles. The van der Waals surface area contributed by atoms with Gasteiger partial charge in [-0.2, -0.15) is 0 Å². The Morgan fingerprint density at radius 3 is 1.92 bits per heavy atom. The Hall–Kier alpha value is -6.01. The van der Waals surface area contributed by atoms with Crippen molar-refractivity contribution in [3.63, 3.8) is 0 Å². The van der Waals surface area contributed by atoms with E-state index in [1.165, 1.54) is 28.0 Å². The van der Waals surface area contributed by atoms with Crippen molar-refractivity contribution in [3.05, 3.63) is 107 Å². The molecule has 17 nitrogen and oxygen atoms in total. The van der Waals surface area contributed by atoms with Gasteiger partial charge in [0.25, 0.3) is 11.8 Å². The molecule has 9 rings (SSSR count). The molecule has 7 aliphatic rings. The number of rotatable bonds is 13. The number of hydrogen-bond acceptors (Lipinski definition) is 13. The van der Waals surface area contributed by atoms with Gasteiger partial charge < -0.3 is 48.1 Å². The van der Waals surface area contributed by atoms with Crippen LogP contribution in [0.4, 0.5) is 15.3 Å². The van der Waals surface area contributed by atoms with Gasteiger partial charge in [-0.15, -0.1) is 0 Å². The molecule has 394 valence electrons. The number of carbonyl (C=O) groups excluding carboxylic acids is 5. The first kappa shape index (κ1) is 53.3. The molecule has 7 atom stereocenters. The summed E-state index contributed by atoms with van der Waals surface area (Å²) in [4.78, 5) is 72.8. The molecule has 4 amide bonds. The molecular formula is C56H72N4O13. The molecule has 4 fully saturated rings. The zero-order valence-electron chi connectivity index (χ0n) is 42.6. The minimum absolute atomic E-state index is 0.000564. The molecule has 5 unspecified atom stereocenters. The van der Waals surface area contributed by atoms with Gasteiger partial charge in [-0.25, -0.2) is 19.4 Å². The number of allylic oxidation sites excluding steroid dienone is 2. The standard InChI is InChI=1S/C33H42N2O7.C23H30N2O6/c1-4-15-40-33(38)35-28-20-29(41-21-25-11-9-10-24(19-25)18-23(3)36)22(2)17-26(28)31(37)34-14-7-5-12-27(34)32(35)42-30-13-6-8-16-39-30;1-3-11-30-23(28)25-18-14-19(26)15(2)13-16(18)21(27)24-10-6-4-8-17(24)22(25)31-20-9-5-7-12-29-20/h4,9-11,19-20,22,27,30,32H,1,5-8,12-18,21H2,2-3H3;3,13-14,17,20,22,26H,1,4-12H2,2H3/t22?,27-,30?,32?;17-,20?,22?/m00/s1. The minimum Gasteiger partial charge on any atom is -0.508 e. The predicted octanol–water partition coefficient (Wildman–Crippen LogP) is 9.11. The van der Waals surface area contributed by atoms with Crippen molar-refractivity contribution >= 4 is 35.5 Å². The van der Waals surface area contributed by atoms with Crippen molar-refractivity contribution in [2.45, 2.75) is 154 Å². The lowest BCUT2D eigenvalue weighted by atomic mass is 9.90. The van der Waals surface area contributed by atoms with Gasteiger partial charge in [0.1, 0.15) is 37.1 Å². The highest BCUT2D eigenvalue weighted by atomic mass is 16.7. The average molecular weight is 1010 g/mol. The number of anilines is 1. The second-order valence-corrected chi connectivity index (χ2v) is 19.9. The van der Waals surface area contributed by atoms with Crippen LogP contribution in [0.3, 0.4) is 0 Å². The maximum Gasteiger partial charge on any atom is 0.416 e. The van der Waals surface area contributed by atoms with Gasteiger partial charge in [-0.3, -0.25) is 14.4 Å². The number of carbonyl (C=O) groups is 5. The number of amides is 4. The highest BCUT2D eigenvalue weighted by Gasteiger charge is 2.49. The largest absolute Gasteiger partial charge is 0.508 e. The highest BCUT2D eigenvalue weighted by molar-refractivity contribution is 6.05. The van der Waals surface area contributed by atoms with Gasteiger partial charge in [0.15, 0.2) is 25.0 Å². The Kier molecular flexibility index (Phi) is 18.1. The average Bonchev–Trinajstić information content (AvgIpc) is 3.55. The molecule has 6 heterocycles. The first-order chi connectivity index (χ1) is 35.4. The van der Waals surface area contributed by atoms with E-state index in [1.807, 2.05) is 42.2 Å². The first-order valence-electron chi connectivity index (χ1n) is 26.1. The summed E-state index contributed by atoms with van der Waals surface area (Å²) in [5.41, 5.74) is 4.11. The summed E-state index contributed by atoms with van der Waals surface area (Å²) < 4.78 is 42.0. The number of benzene rings is 2. The summed E-state index contributed by atoms with van der Waals surface area (Å²) in [5, 5.41) is 10.4. The van der Waals surface area contributed by atoms with Crippen molar-refractivity contribution in [2.24, 2.45) is 5.92 Å². The fourth-order valence-corrected chi connectivity index (χ4v) is 10.8. The number of ether oxygens (including phenoxy) is 7. The number of phenolic OH excluding ortho intramolecular Hbond substituents is 1. The Bertz CT molecular complexity index is 2420. The quantitative estimate of drug-likeness (QED) is 0.188. The van der Waals surface area contributed by atoms with Crippen molar-refractivity contribution in [3.8, 4) is 5.75 Å². The van der Waals surface area contributed by atoms with Crippen LogP contribution in [0.1, 0.15) is 124 Å². The Morgan fingerprint density at radius 1 is 0.753 bits per heavy atom. The molecule has 1 N–H and O–H groups in total. The second-order valence-electron chi connectivity index (χ2n) is 19.9. The molecule has 0 radical (unpaired) electrons. The van der Waals surface area contributed by atoms with E-state index in [0.717, 1.165) is 75.3 Å². The molecular weight excluding hydrogens is 937 g/mol. The van der Waals surface area contributed by atoms with Crippen molar-refractivity contribution in [2.75, 3.05) is 44.4 Å². The van der Waals surface area contributed by atoms with Crippen LogP contribution in [-0.2, 0) is 55.8 Å². The van der Waals surface area contributed by atoms with E-state index in [0.29, 0.717) is 86.7 Å². The monoisotopic (exact) mass is 1010 g/mol. The predicted molar refractivity (Wildman–Crippen MR) is 270 cm³/mol. The molecule has 1 aliphatic carbocycles. The SMILES string of the molecule is C=CCOC(=O)N1C2=C(CC(C)C(OCc3cccc(CC(C)=O)c3)=C2)C(=O)N2CCCC[C@H]2C1OC1CCCCO1.C=CCOC(=O)N1c2cc(O)c(C)cc2C(=O)N2CCCC[C@H]2C1OC1CCCCO1. The Balaban J connectivity index is 0.000000204. The summed E-state index contributed by atoms with van der Waals surface area (Å²) >= 11 is 0. The fraction of sp³-hybridized carbons (Fsp3) is 0.554. The van der Waals surface area contributed by atoms with E-state index in [1.54, 1.807) is 24.8 Å². The summed E-state index contributed by atoms with van der Waals surface area (Å²) in [7, 11) is 0. The molecule has 73 heavy (non-hydrogen) atoms. The second kappa shape index (κ2) is 24.8. The van der Waals surface area contributed by atoms with Crippen LogP contribution in [0, 0.1) is 12.8 Å². The van der Waals surface area contributed by atoms with E-state index in [4.69, 9.17) is 33.2 Å². The highest BCUT2D eigenvalue weighted by Crippen LogP contribution is 2.42. The number of phenols is 1. The van der Waals surface area contributed by atoms with Gasteiger partial charge in [0.2, 0.25) is 0 Å². The smallest absolute Gasteiger partial charge is 0.416 e. The number of piperidine rings is 2. The maximum atomic E-state index is 14.1. The minimum atomic E-state index is -0.784. The molecule has 2 aromatic rings. The molecule has 0 spiro atoms. The number of fused-ring (bicyclic) bond motifs is 3. The lowest BCUT2D eigenvalue weighted by molar-refractivity contribution is -0.226. The van der Waals surface area contributed by atoms with E-state index in [2.05, 4.69) is 13.2 Å². The van der Waals surface area contributed by atoms with Crippen LogP contribution in [0.15, 0.2) is 84.8 Å². The third-order valence-electron chi connectivity index (χ3n) is 14.4. The number of nitrogens with zero attached hydrogens (tertiary/aromatic N) is 4. The molecule has 0 aromatic heterocycles. The van der Waals surface area contributed by atoms with Gasteiger partial charge in [-0.1, -0.05) is 56.5 Å². The normalized spacial score (nSPS) is 26.0. The van der Waals surface area contributed by atoms with Gasteiger partial charge in [0.05, 0.1) is 29.0 Å². The summed E-state index contributed by atoms with van der Waals surface area (Å²) in [6, 6.07) is 10.2. The number of hydrogen-bond donors (Lipinski definition) is 1. The van der Waals surface area contributed by atoms with Gasteiger partial charge in [0, 0.05) is 56.4 Å². The molecule has 0 saturated carbocycles. The number of aromatic hydroxyl groups is 1. The van der Waals surface area contributed by atoms with Crippen molar-refractivity contribution in [1.29, 1.82) is 0 Å². The maximum absolute atomic E-state index is 14.1. The van der Waals surface area contributed by atoms with Crippen LogP contribution in [0.25, 0.3) is 0 Å². The Morgan fingerprint density at radius 2 is 1.33 bits per heavy atom. The third-order valence-corrected chi connectivity index (χ3v) is 14.4. The van der Waals surface area contributed by atoms with Crippen LogP contribution in [-0.4, -0.2) is 126 Å². The Labute approximate surface area is 428 Å². The van der Waals surface area contributed by atoms with Gasteiger partial charge in [-0.05, 0) is 120 Å². The molecule has 0 bridgehead atoms. The lowest BCUT2D eigenvalue weighted by Crippen LogP contribution is -2.57. The molecule has 4 saturated heterocycles.